The fourth-order valence-electron chi connectivity index (χ4n) is 1.11. The monoisotopic (exact) mass is 367 g/mol. The molecule has 1 aromatic carbocycles. The van der Waals surface area contributed by atoms with Gasteiger partial charge < -0.3 is 0 Å². The number of hydrogen-bond donors (Lipinski definition) is 1. The number of benzene rings is 1. The fraction of sp³-hybridized carbons (Fsp3) is 0.300. The summed E-state index contributed by atoms with van der Waals surface area (Å²) in [5, 5.41) is 7.38. The molecule has 0 radical (unpaired) electrons. The summed E-state index contributed by atoms with van der Waals surface area (Å²) < 4.78 is 6.01. The van der Waals surface area contributed by atoms with Gasteiger partial charge in [-0.3, -0.25) is 0 Å². The van der Waals surface area contributed by atoms with Crippen LogP contribution in [-0.4, -0.2) is 36.1 Å². The van der Waals surface area contributed by atoms with Crippen LogP contribution < -0.4 is 4.74 Å². The molecule has 0 unspecified atom stereocenters. The second-order valence-electron chi connectivity index (χ2n) is 2.88. The third kappa shape index (κ3) is 3.89. The van der Waals surface area contributed by atoms with Crippen LogP contribution in [0.15, 0.2) is 24.3 Å². The van der Waals surface area contributed by atoms with Crippen molar-refractivity contribution in [2.24, 2.45) is 0 Å². The Bertz CT molecular complexity index is 299. The first-order valence-electron chi connectivity index (χ1n) is 4.18. The van der Waals surface area contributed by atoms with E-state index in [1.807, 2.05) is 18.2 Å². The van der Waals surface area contributed by atoms with Crippen LogP contribution >= 0.6 is 0 Å². The molecule has 0 saturated heterocycles. The molecule has 0 spiro atoms. The van der Waals surface area contributed by atoms with Gasteiger partial charge in [0.05, 0.1) is 0 Å². The second kappa shape index (κ2) is 5.37. The number of methoxy groups -OCH3 is 1. The van der Waals surface area contributed by atoms with Crippen LogP contribution in [-0.2, 0) is 6.42 Å². The Balaban J connectivity index is 2.61. The third-order valence-electron chi connectivity index (χ3n) is 1.82. The van der Waals surface area contributed by atoms with E-state index in [2.05, 4.69) is 6.07 Å². The Morgan fingerprint density at radius 1 is 1.54 bits per heavy atom. The predicted molar refractivity (Wildman–Crippen MR) is 54.8 cm³/mol. The number of rotatable bonds is 4. The summed E-state index contributed by atoms with van der Waals surface area (Å²) >= 11 is 0.690. The van der Waals surface area contributed by atoms with Gasteiger partial charge in [-0.15, -0.1) is 0 Å². The predicted octanol–water partition coefficient (Wildman–Crippen LogP) is 1.77. The molecule has 0 aliphatic carbocycles. The van der Waals surface area contributed by atoms with Gasteiger partial charge in [-0.25, -0.2) is 0 Å². The first-order chi connectivity index (χ1) is 6.22. The van der Waals surface area contributed by atoms with Crippen LogP contribution in [0, 0.1) is 5.41 Å². The third-order valence-corrected chi connectivity index (χ3v) is 2.94. The Kier molecular flexibility index (Phi) is 4.41. The maximum absolute atomic E-state index is 7.38. The zero-order chi connectivity index (χ0) is 9.68. The average Bonchev–Trinajstić information content (AvgIpc) is 2.15. The van der Waals surface area contributed by atoms with Crippen molar-refractivity contribution < 1.29 is 4.74 Å². The molecule has 0 amide bonds. The van der Waals surface area contributed by atoms with E-state index >= 15 is 0 Å². The molecule has 0 atom stereocenters. The molecule has 0 aliphatic rings. The summed E-state index contributed by atoms with van der Waals surface area (Å²) in [7, 11) is 1.68. The molecule has 2 nitrogen and oxygen atoms in total. The van der Waals surface area contributed by atoms with Crippen LogP contribution in [0.4, 0.5) is 0 Å². The van der Waals surface area contributed by atoms with Crippen molar-refractivity contribution in [3.63, 3.8) is 0 Å². The van der Waals surface area contributed by atoms with Crippen molar-refractivity contribution in [2.45, 2.75) is 12.8 Å². The fourth-order valence-corrected chi connectivity index (χ4v) is 1.67. The minimum absolute atomic E-state index is 0.690. The zero-order valence-electron chi connectivity index (χ0n) is 7.71. The molecule has 0 aliphatic heterocycles. The molecule has 0 fully saturated rings. The van der Waals surface area contributed by atoms with Gasteiger partial charge in [0.1, 0.15) is 0 Å². The van der Waals surface area contributed by atoms with Gasteiger partial charge >= 0.3 is 94.7 Å². The Hall–Kier alpha value is -0.388. The molecule has 0 aromatic heterocycles. The van der Waals surface area contributed by atoms with Crippen molar-refractivity contribution in [3.05, 3.63) is 29.8 Å². The van der Waals surface area contributed by atoms with E-state index in [4.69, 9.17) is 10.1 Å². The van der Waals surface area contributed by atoms with Crippen molar-refractivity contribution in [1.29, 1.82) is 5.41 Å². The average molecular weight is 367 g/mol. The van der Waals surface area contributed by atoms with Crippen LogP contribution in [0.3, 0.4) is 0 Å². The van der Waals surface area contributed by atoms with Crippen molar-refractivity contribution >= 4 is 29.0 Å². The minimum atomic E-state index is 0.690. The summed E-state index contributed by atoms with van der Waals surface area (Å²) in [5.74, 6) is 0.903. The van der Waals surface area contributed by atoms with Crippen molar-refractivity contribution in [1.82, 2.24) is 0 Å². The maximum atomic E-state index is 7.38. The van der Waals surface area contributed by atoms with Crippen LogP contribution in [0.1, 0.15) is 12.0 Å². The molecule has 66 valence electrons. The van der Waals surface area contributed by atoms with E-state index in [1.165, 1.54) is 5.56 Å². The van der Waals surface area contributed by atoms with Gasteiger partial charge in [-0.1, -0.05) is 0 Å². The summed E-state index contributed by atoms with van der Waals surface area (Å²) in [4.78, 5) is 0. The Labute approximate surface area is 94.5 Å². The van der Waals surface area contributed by atoms with E-state index in [9.17, 15) is 0 Å². The molecule has 0 heterocycles. The summed E-state index contributed by atoms with van der Waals surface area (Å²) in [6.07, 6.45) is 1.87. The quantitative estimate of drug-likeness (QED) is 0.639. The normalized spacial score (nSPS) is 9.54. The second-order valence-corrected chi connectivity index (χ2v) is 5.59. The van der Waals surface area contributed by atoms with Crippen LogP contribution in [0.2, 0.25) is 0 Å². The van der Waals surface area contributed by atoms with Crippen LogP contribution in [0.25, 0.3) is 0 Å². The molecule has 3 heteroatoms. The standard InChI is InChI=1S/C10H12NO.Tl/c1-12-10-6-2-4-9(8-10)5-3-7-11;/h2,4,6,8,11H,3,5H2,1H3;. The molecule has 13 heavy (non-hydrogen) atoms. The number of aryl methyl sites for hydroxylation is 1. The van der Waals surface area contributed by atoms with Crippen molar-refractivity contribution in [3.8, 4) is 5.75 Å². The van der Waals surface area contributed by atoms with E-state index in [-0.39, 0.29) is 0 Å². The molecule has 1 rings (SSSR count). The topological polar surface area (TPSA) is 33.1 Å². The number of nitrogens with one attached hydrogen (secondary N) is 1. The van der Waals surface area contributed by atoms with Gasteiger partial charge in [0, 0.05) is 0 Å². The van der Waals surface area contributed by atoms with Gasteiger partial charge in [-0.05, 0) is 0 Å². The van der Waals surface area contributed by atoms with E-state index in [1.54, 1.807) is 7.11 Å². The van der Waals surface area contributed by atoms with E-state index in [0.717, 1.165) is 21.9 Å². The molecule has 1 aromatic rings. The zero-order valence-corrected chi connectivity index (χ0v) is 12.2. The number of ether oxygens (including phenoxy) is 1. The molecule has 0 bridgehead atoms. The Morgan fingerprint density at radius 3 is 2.92 bits per heavy atom. The summed E-state index contributed by atoms with van der Waals surface area (Å²) in [6.45, 7) is 0. The number of hydrogen-bond acceptors (Lipinski definition) is 2. The summed E-state index contributed by atoms with van der Waals surface area (Å²) in [5.41, 5.74) is 1.25. The SMILES string of the molecule is COc1cccc(CC[C](=N)[Tl])c1. The van der Waals surface area contributed by atoms with E-state index in [0.29, 0.717) is 25.8 Å². The molecule has 0 saturated carbocycles. The van der Waals surface area contributed by atoms with Gasteiger partial charge in [0.15, 0.2) is 0 Å². The van der Waals surface area contributed by atoms with Crippen molar-refractivity contribution in [2.75, 3.05) is 7.11 Å². The first-order valence-corrected chi connectivity index (χ1v) is 6.42. The van der Waals surface area contributed by atoms with Crippen LogP contribution in [0.5, 0.6) is 5.75 Å². The van der Waals surface area contributed by atoms with Gasteiger partial charge in [0.25, 0.3) is 0 Å². The van der Waals surface area contributed by atoms with Gasteiger partial charge in [-0.2, -0.15) is 0 Å². The molecular formula is C10H12NOTl. The first kappa shape index (κ1) is 10.7. The molecular weight excluding hydrogens is 354 g/mol. The Morgan fingerprint density at radius 2 is 2.31 bits per heavy atom. The summed E-state index contributed by atoms with van der Waals surface area (Å²) in [6, 6.07) is 8.05. The van der Waals surface area contributed by atoms with Gasteiger partial charge in [0.2, 0.25) is 0 Å². The van der Waals surface area contributed by atoms with E-state index < -0.39 is 0 Å². The molecule has 1 N–H and O–H groups in total.